The first kappa shape index (κ1) is 20.1. The summed E-state index contributed by atoms with van der Waals surface area (Å²) >= 11 is 0. The minimum Gasteiger partial charge on any atom is -0.497 e. The molecule has 0 amide bonds. The number of ether oxygens (including phenoxy) is 2. The van der Waals surface area contributed by atoms with Gasteiger partial charge in [0, 0.05) is 6.07 Å². The Hall–Kier alpha value is -2.19. The van der Waals surface area contributed by atoms with Crippen molar-refractivity contribution >= 4 is 0 Å². The van der Waals surface area contributed by atoms with Crippen molar-refractivity contribution in [2.75, 3.05) is 47.4 Å². The number of aromatic nitrogens is 4. The van der Waals surface area contributed by atoms with Gasteiger partial charge in [0.1, 0.15) is 37.7 Å². The molecule has 1 aliphatic heterocycles. The zero-order chi connectivity index (χ0) is 20.2. The molecular formula is C21H34N6O2+2. The van der Waals surface area contributed by atoms with Crippen LogP contribution >= 0.6 is 0 Å². The Balaban J connectivity index is 1.75. The second-order valence-electron chi connectivity index (χ2n) is 8.43. The second-order valence-corrected chi connectivity index (χ2v) is 8.43. The number of nitrogens with one attached hydrogen (secondary N) is 2. The Morgan fingerprint density at radius 1 is 1.03 bits per heavy atom. The topological polar surface area (TPSA) is 70.9 Å². The molecule has 1 saturated heterocycles. The number of methoxy groups -OCH3 is 2. The summed E-state index contributed by atoms with van der Waals surface area (Å²) in [7, 11) is 5.68. The molecule has 2 aromatic rings. The molecule has 4 rings (SSSR count). The molecular weight excluding hydrogens is 368 g/mol. The van der Waals surface area contributed by atoms with Gasteiger partial charge in [-0.1, -0.05) is 19.3 Å². The van der Waals surface area contributed by atoms with Gasteiger partial charge in [0.15, 0.2) is 6.04 Å². The molecule has 8 heteroatoms. The lowest BCUT2D eigenvalue weighted by Crippen LogP contribution is -3.27. The van der Waals surface area contributed by atoms with Gasteiger partial charge in [0.2, 0.25) is 5.82 Å². The molecule has 2 aliphatic rings. The van der Waals surface area contributed by atoms with E-state index in [9.17, 15) is 0 Å². The molecule has 0 radical (unpaired) electrons. The normalized spacial score (nSPS) is 24.2. The molecule has 1 saturated carbocycles. The van der Waals surface area contributed by atoms with Crippen LogP contribution in [0, 0.1) is 0 Å². The van der Waals surface area contributed by atoms with Gasteiger partial charge in [-0.15, -0.1) is 5.10 Å². The minimum absolute atomic E-state index is 0.0564. The van der Waals surface area contributed by atoms with Crippen molar-refractivity contribution < 1.29 is 19.3 Å². The second kappa shape index (κ2) is 9.09. The van der Waals surface area contributed by atoms with Gasteiger partial charge >= 0.3 is 0 Å². The molecule has 2 heterocycles. The van der Waals surface area contributed by atoms with Gasteiger partial charge in [-0.25, -0.2) is 4.68 Å². The van der Waals surface area contributed by atoms with E-state index in [0.29, 0.717) is 6.04 Å². The lowest BCUT2D eigenvalue weighted by atomic mass is 9.95. The number of rotatable bonds is 6. The van der Waals surface area contributed by atoms with Crippen LogP contribution in [-0.2, 0) is 0 Å². The van der Waals surface area contributed by atoms with E-state index in [1.807, 2.05) is 12.1 Å². The van der Waals surface area contributed by atoms with E-state index in [-0.39, 0.29) is 6.04 Å². The summed E-state index contributed by atoms with van der Waals surface area (Å²) in [6.45, 7) is 4.47. The molecule has 1 aromatic carbocycles. The molecule has 0 bridgehead atoms. The van der Waals surface area contributed by atoms with Gasteiger partial charge in [-0.3, -0.25) is 0 Å². The predicted octanol–water partition coefficient (Wildman–Crippen LogP) is -0.302. The molecule has 2 N–H and O–H groups in total. The zero-order valence-corrected chi connectivity index (χ0v) is 17.9. The monoisotopic (exact) mass is 402 g/mol. The fourth-order valence-electron chi connectivity index (χ4n) is 4.86. The minimum atomic E-state index is 0.0564. The van der Waals surface area contributed by atoms with E-state index in [4.69, 9.17) is 9.47 Å². The molecule has 0 unspecified atom stereocenters. The Labute approximate surface area is 172 Å². The van der Waals surface area contributed by atoms with Crippen LogP contribution in [0.4, 0.5) is 0 Å². The summed E-state index contributed by atoms with van der Waals surface area (Å²) in [5.74, 6) is 2.61. The van der Waals surface area contributed by atoms with Gasteiger partial charge in [0.05, 0.1) is 32.9 Å². The number of piperazine rings is 1. The highest BCUT2D eigenvalue weighted by Crippen LogP contribution is 2.34. The number of quaternary nitrogens is 2. The summed E-state index contributed by atoms with van der Waals surface area (Å²) in [4.78, 5) is 3.09. The van der Waals surface area contributed by atoms with E-state index in [0.717, 1.165) is 61.9 Å². The molecule has 1 aromatic heterocycles. The average Bonchev–Trinajstić information content (AvgIpc) is 3.25. The Morgan fingerprint density at radius 3 is 2.48 bits per heavy atom. The van der Waals surface area contributed by atoms with Crippen LogP contribution in [0.1, 0.15) is 55.6 Å². The number of benzene rings is 1. The molecule has 0 spiro atoms. The lowest BCUT2D eigenvalue weighted by Gasteiger charge is -2.34. The third-order valence-electron chi connectivity index (χ3n) is 6.60. The summed E-state index contributed by atoms with van der Waals surface area (Å²) in [6, 6.07) is 6.57. The van der Waals surface area contributed by atoms with Crippen molar-refractivity contribution in [3.8, 4) is 11.5 Å². The van der Waals surface area contributed by atoms with E-state index < -0.39 is 0 Å². The largest absolute Gasteiger partial charge is 0.497 e. The first-order valence-electron chi connectivity index (χ1n) is 10.9. The maximum absolute atomic E-state index is 5.79. The highest BCUT2D eigenvalue weighted by Gasteiger charge is 2.38. The molecule has 1 aliphatic carbocycles. The summed E-state index contributed by atoms with van der Waals surface area (Å²) in [5, 5.41) is 13.1. The number of hydrogen-bond acceptors (Lipinski definition) is 5. The smallest absolute Gasteiger partial charge is 0.214 e. The number of tetrazole rings is 1. The van der Waals surface area contributed by atoms with Crippen LogP contribution in [0.5, 0.6) is 11.5 Å². The van der Waals surface area contributed by atoms with Crippen LogP contribution in [0.25, 0.3) is 0 Å². The van der Waals surface area contributed by atoms with Crippen LogP contribution in [0.3, 0.4) is 0 Å². The van der Waals surface area contributed by atoms with Crippen LogP contribution in [-0.4, -0.2) is 67.7 Å². The predicted molar refractivity (Wildman–Crippen MR) is 109 cm³/mol. The Kier molecular flexibility index (Phi) is 6.30. The third kappa shape index (κ3) is 4.23. The summed E-state index contributed by atoms with van der Waals surface area (Å²) in [6.07, 6.45) is 6.14. The third-order valence-corrected chi connectivity index (χ3v) is 6.60. The van der Waals surface area contributed by atoms with Crippen molar-refractivity contribution in [3.63, 3.8) is 0 Å². The SMILES string of the molecule is COc1ccc([C@@H](c2nnnn2C2CCCCC2)[NH+]2CC[NH+](C)CC2)c(OC)c1. The molecule has 2 fully saturated rings. The lowest BCUT2D eigenvalue weighted by molar-refractivity contribution is -1.02. The first-order chi connectivity index (χ1) is 14.2. The molecule has 8 nitrogen and oxygen atoms in total. The maximum atomic E-state index is 5.79. The van der Waals surface area contributed by atoms with Crippen molar-refractivity contribution in [2.24, 2.45) is 0 Å². The summed E-state index contributed by atoms with van der Waals surface area (Å²) < 4.78 is 13.3. The molecule has 29 heavy (non-hydrogen) atoms. The fraction of sp³-hybridized carbons (Fsp3) is 0.667. The summed E-state index contributed by atoms with van der Waals surface area (Å²) in [5.41, 5.74) is 1.13. The molecule has 158 valence electrons. The van der Waals surface area contributed by atoms with Crippen LogP contribution in [0.2, 0.25) is 0 Å². The standard InChI is InChI=1S/C21H32N6O2/c1-25-11-13-26(14-12-25)20(18-10-9-17(28-2)15-19(18)29-3)21-22-23-24-27(21)16-7-5-4-6-8-16/h9-10,15-16,20H,4-8,11-14H2,1-3H3/p+2/t20-/m0/s1. The average molecular weight is 403 g/mol. The quantitative estimate of drug-likeness (QED) is 0.694. The number of hydrogen-bond donors (Lipinski definition) is 2. The van der Waals surface area contributed by atoms with Gasteiger partial charge < -0.3 is 19.3 Å². The number of likely N-dealkylation sites (N-methyl/N-ethyl adjacent to an activating group) is 1. The Bertz CT molecular complexity index is 796. The van der Waals surface area contributed by atoms with E-state index >= 15 is 0 Å². The van der Waals surface area contributed by atoms with E-state index in [1.165, 1.54) is 24.2 Å². The fourth-order valence-corrected chi connectivity index (χ4v) is 4.86. The van der Waals surface area contributed by atoms with Gasteiger partial charge in [-0.05, 0) is 35.4 Å². The molecule has 1 atom stereocenters. The number of nitrogens with zero attached hydrogens (tertiary/aromatic N) is 4. The van der Waals surface area contributed by atoms with E-state index in [1.54, 1.807) is 19.1 Å². The van der Waals surface area contributed by atoms with E-state index in [2.05, 4.69) is 33.3 Å². The first-order valence-corrected chi connectivity index (χ1v) is 10.9. The maximum Gasteiger partial charge on any atom is 0.214 e. The van der Waals surface area contributed by atoms with Crippen molar-refractivity contribution in [1.29, 1.82) is 0 Å². The van der Waals surface area contributed by atoms with Crippen LogP contribution < -0.4 is 19.3 Å². The Morgan fingerprint density at radius 2 is 1.79 bits per heavy atom. The van der Waals surface area contributed by atoms with Gasteiger partial charge in [0.25, 0.3) is 0 Å². The van der Waals surface area contributed by atoms with Gasteiger partial charge in [-0.2, -0.15) is 0 Å². The van der Waals surface area contributed by atoms with Crippen LogP contribution in [0.15, 0.2) is 18.2 Å². The zero-order valence-electron chi connectivity index (χ0n) is 17.9. The van der Waals surface area contributed by atoms with Crippen molar-refractivity contribution in [3.05, 3.63) is 29.6 Å². The van der Waals surface area contributed by atoms with Crippen molar-refractivity contribution in [2.45, 2.75) is 44.2 Å². The van der Waals surface area contributed by atoms with Crippen molar-refractivity contribution in [1.82, 2.24) is 20.2 Å². The highest BCUT2D eigenvalue weighted by atomic mass is 16.5. The highest BCUT2D eigenvalue weighted by molar-refractivity contribution is 5.43.